The van der Waals surface area contributed by atoms with Gasteiger partial charge in [0.15, 0.2) is 11.5 Å². The molecule has 2 heterocycles. The van der Waals surface area contributed by atoms with E-state index in [1.165, 1.54) is 4.68 Å². The molecule has 0 aliphatic carbocycles. The van der Waals surface area contributed by atoms with Crippen LogP contribution in [0, 0.1) is 0 Å². The van der Waals surface area contributed by atoms with Crippen LogP contribution < -0.4 is 5.73 Å². The van der Waals surface area contributed by atoms with E-state index in [9.17, 15) is 0 Å². The van der Waals surface area contributed by atoms with Crippen molar-refractivity contribution in [2.75, 3.05) is 5.73 Å². The number of benzene rings is 2. The number of nitrogens with two attached hydrogens (primary N) is 1. The Bertz CT molecular complexity index is 977. The Morgan fingerprint density at radius 3 is 2.50 bits per heavy atom. The Morgan fingerprint density at radius 2 is 1.75 bits per heavy atom. The summed E-state index contributed by atoms with van der Waals surface area (Å²) in [4.78, 5) is 4.34. The molecule has 0 aliphatic heterocycles. The molecule has 0 aliphatic rings. The second kappa shape index (κ2) is 5.78. The quantitative estimate of drug-likeness (QED) is 0.616. The first kappa shape index (κ1) is 14.4. The molecular weight excluding hydrogens is 328 g/mol. The molecule has 0 bridgehead atoms. The molecule has 4 aromatic rings. The molecule has 8 heteroatoms. The summed E-state index contributed by atoms with van der Waals surface area (Å²) >= 11 is 5.89. The fourth-order valence-electron chi connectivity index (χ4n) is 2.24. The summed E-state index contributed by atoms with van der Waals surface area (Å²) in [5, 5.41) is 12.7. The normalized spacial score (nSPS) is 10.9. The number of anilines is 1. The molecule has 2 aromatic heterocycles. The van der Waals surface area contributed by atoms with Gasteiger partial charge >= 0.3 is 0 Å². The highest BCUT2D eigenvalue weighted by Gasteiger charge is 2.19. The fourth-order valence-corrected chi connectivity index (χ4v) is 2.36. The lowest BCUT2D eigenvalue weighted by atomic mass is 10.2. The highest BCUT2D eigenvalue weighted by atomic mass is 35.5. The summed E-state index contributed by atoms with van der Waals surface area (Å²) in [5.41, 5.74) is 8.04. The maximum atomic E-state index is 6.13. The molecular formula is C16H11ClN6O. The number of aromatic nitrogens is 5. The van der Waals surface area contributed by atoms with Crippen LogP contribution in [0.2, 0.25) is 5.02 Å². The minimum absolute atomic E-state index is 0.214. The van der Waals surface area contributed by atoms with E-state index in [-0.39, 0.29) is 5.89 Å². The van der Waals surface area contributed by atoms with E-state index in [0.717, 1.165) is 11.3 Å². The van der Waals surface area contributed by atoms with Gasteiger partial charge in [0.25, 0.3) is 5.89 Å². The molecule has 24 heavy (non-hydrogen) atoms. The zero-order valence-corrected chi connectivity index (χ0v) is 13.1. The number of rotatable bonds is 3. The molecule has 0 fully saturated rings. The first-order valence-electron chi connectivity index (χ1n) is 7.09. The molecule has 0 saturated heterocycles. The standard InChI is InChI=1S/C16H11ClN6O/c17-11-6-8-12(9-7-11)23-14(18)13(20-22-23)16-19-15(21-24-16)10-4-2-1-3-5-10/h1-9H,18H2. The van der Waals surface area contributed by atoms with Crippen LogP contribution in [0.4, 0.5) is 5.82 Å². The Morgan fingerprint density at radius 1 is 1.00 bits per heavy atom. The Labute approximate surface area is 141 Å². The van der Waals surface area contributed by atoms with Gasteiger partial charge in [-0.3, -0.25) is 0 Å². The number of nitrogens with zero attached hydrogens (tertiary/aromatic N) is 5. The van der Waals surface area contributed by atoms with E-state index in [0.29, 0.717) is 22.4 Å². The van der Waals surface area contributed by atoms with Crippen molar-refractivity contribution >= 4 is 17.4 Å². The van der Waals surface area contributed by atoms with E-state index in [1.54, 1.807) is 24.3 Å². The lowest BCUT2D eigenvalue weighted by Crippen LogP contribution is -2.02. The van der Waals surface area contributed by atoms with Gasteiger partial charge in [-0.15, -0.1) is 5.10 Å². The fraction of sp³-hybridized carbons (Fsp3) is 0. The minimum atomic E-state index is 0.214. The molecule has 0 unspecified atom stereocenters. The van der Waals surface area contributed by atoms with Crippen molar-refractivity contribution in [2.45, 2.75) is 0 Å². The zero-order valence-electron chi connectivity index (χ0n) is 12.3. The molecule has 0 spiro atoms. The predicted molar refractivity (Wildman–Crippen MR) is 89.5 cm³/mol. The summed E-state index contributed by atoms with van der Waals surface area (Å²) in [6, 6.07) is 16.6. The van der Waals surface area contributed by atoms with Gasteiger partial charge in [0, 0.05) is 10.6 Å². The summed E-state index contributed by atoms with van der Waals surface area (Å²) in [5.74, 6) is 0.984. The molecule has 118 valence electrons. The van der Waals surface area contributed by atoms with Crippen molar-refractivity contribution in [2.24, 2.45) is 0 Å². The third-order valence-electron chi connectivity index (χ3n) is 3.44. The lowest BCUT2D eigenvalue weighted by Gasteiger charge is -2.02. The van der Waals surface area contributed by atoms with Crippen molar-refractivity contribution in [3.8, 4) is 28.7 Å². The zero-order chi connectivity index (χ0) is 16.5. The van der Waals surface area contributed by atoms with Gasteiger partial charge < -0.3 is 10.3 Å². The Kier molecular flexibility index (Phi) is 3.47. The van der Waals surface area contributed by atoms with E-state index in [4.69, 9.17) is 21.9 Å². The molecule has 2 aromatic carbocycles. The van der Waals surface area contributed by atoms with Gasteiger partial charge in [-0.05, 0) is 24.3 Å². The maximum Gasteiger partial charge on any atom is 0.282 e. The van der Waals surface area contributed by atoms with E-state index in [2.05, 4.69) is 20.5 Å². The molecule has 7 nitrogen and oxygen atoms in total. The van der Waals surface area contributed by atoms with E-state index >= 15 is 0 Å². The van der Waals surface area contributed by atoms with Gasteiger partial charge in [0.1, 0.15) is 0 Å². The monoisotopic (exact) mass is 338 g/mol. The highest BCUT2D eigenvalue weighted by Crippen LogP contribution is 2.26. The highest BCUT2D eigenvalue weighted by molar-refractivity contribution is 6.30. The maximum absolute atomic E-state index is 6.13. The van der Waals surface area contributed by atoms with Gasteiger partial charge in [0.2, 0.25) is 5.82 Å². The van der Waals surface area contributed by atoms with Crippen molar-refractivity contribution in [3.63, 3.8) is 0 Å². The number of halogens is 1. The second-order valence-electron chi connectivity index (χ2n) is 5.00. The minimum Gasteiger partial charge on any atom is -0.382 e. The van der Waals surface area contributed by atoms with Crippen LogP contribution in [0.5, 0.6) is 0 Å². The summed E-state index contributed by atoms with van der Waals surface area (Å²) < 4.78 is 6.76. The summed E-state index contributed by atoms with van der Waals surface area (Å²) in [7, 11) is 0. The first-order valence-corrected chi connectivity index (χ1v) is 7.47. The molecule has 0 atom stereocenters. The van der Waals surface area contributed by atoms with Crippen molar-refractivity contribution in [1.82, 2.24) is 25.1 Å². The van der Waals surface area contributed by atoms with Crippen LogP contribution in [-0.4, -0.2) is 25.1 Å². The Hall–Kier alpha value is -3.19. The van der Waals surface area contributed by atoms with Crippen LogP contribution in [0.3, 0.4) is 0 Å². The van der Waals surface area contributed by atoms with Crippen LogP contribution in [-0.2, 0) is 0 Å². The average Bonchev–Trinajstić information content (AvgIpc) is 3.23. The smallest absolute Gasteiger partial charge is 0.282 e. The van der Waals surface area contributed by atoms with Crippen LogP contribution in [0.25, 0.3) is 28.7 Å². The number of hydrogen-bond acceptors (Lipinski definition) is 6. The molecule has 4 rings (SSSR count). The Balaban J connectivity index is 1.71. The van der Waals surface area contributed by atoms with Gasteiger partial charge in [-0.1, -0.05) is 52.3 Å². The number of nitrogen functional groups attached to an aromatic ring is 1. The van der Waals surface area contributed by atoms with Crippen molar-refractivity contribution in [1.29, 1.82) is 0 Å². The molecule has 2 N–H and O–H groups in total. The third kappa shape index (κ3) is 2.50. The number of hydrogen-bond donors (Lipinski definition) is 1. The van der Waals surface area contributed by atoms with E-state index in [1.807, 2.05) is 30.3 Å². The third-order valence-corrected chi connectivity index (χ3v) is 3.69. The average molecular weight is 339 g/mol. The predicted octanol–water partition coefficient (Wildman–Crippen LogP) is 3.22. The molecule has 0 saturated carbocycles. The van der Waals surface area contributed by atoms with Crippen LogP contribution >= 0.6 is 11.6 Å². The van der Waals surface area contributed by atoms with Gasteiger partial charge in [-0.2, -0.15) is 9.67 Å². The van der Waals surface area contributed by atoms with Crippen molar-refractivity contribution in [3.05, 3.63) is 59.6 Å². The summed E-state index contributed by atoms with van der Waals surface area (Å²) in [6.07, 6.45) is 0. The topological polar surface area (TPSA) is 95.7 Å². The van der Waals surface area contributed by atoms with Crippen LogP contribution in [0.1, 0.15) is 0 Å². The van der Waals surface area contributed by atoms with Crippen LogP contribution in [0.15, 0.2) is 59.1 Å². The first-order chi connectivity index (χ1) is 11.7. The van der Waals surface area contributed by atoms with E-state index < -0.39 is 0 Å². The van der Waals surface area contributed by atoms with Crippen molar-refractivity contribution < 1.29 is 4.52 Å². The SMILES string of the molecule is Nc1c(-c2nc(-c3ccccc3)no2)nnn1-c1ccc(Cl)cc1. The summed E-state index contributed by atoms with van der Waals surface area (Å²) in [6.45, 7) is 0. The largest absolute Gasteiger partial charge is 0.382 e. The second-order valence-corrected chi connectivity index (χ2v) is 5.44. The van der Waals surface area contributed by atoms with Gasteiger partial charge in [-0.25, -0.2) is 0 Å². The lowest BCUT2D eigenvalue weighted by molar-refractivity contribution is 0.431. The molecule has 0 amide bonds. The van der Waals surface area contributed by atoms with Gasteiger partial charge in [0.05, 0.1) is 5.69 Å². The molecule has 0 radical (unpaired) electrons.